The third kappa shape index (κ3) is 3.42. The van der Waals surface area contributed by atoms with Crippen molar-refractivity contribution in [3.63, 3.8) is 0 Å². The van der Waals surface area contributed by atoms with Crippen molar-refractivity contribution in [3.05, 3.63) is 23.9 Å². The van der Waals surface area contributed by atoms with Crippen molar-refractivity contribution in [2.75, 3.05) is 31.1 Å². The second kappa shape index (κ2) is 6.30. The summed E-state index contributed by atoms with van der Waals surface area (Å²) in [5.74, 6) is 1.02. The molecule has 0 aromatic carbocycles. The molecule has 0 amide bonds. The fourth-order valence-electron chi connectivity index (χ4n) is 2.37. The van der Waals surface area contributed by atoms with Crippen LogP contribution in [-0.2, 0) is 0 Å². The molecular weight excluding hydrogens is 256 g/mol. The van der Waals surface area contributed by atoms with E-state index < -0.39 is 0 Å². The number of aromatic nitrogens is 1. The van der Waals surface area contributed by atoms with Crippen molar-refractivity contribution in [1.82, 2.24) is 9.88 Å². The molecule has 1 aromatic heterocycles. The van der Waals surface area contributed by atoms with Crippen LogP contribution >= 0.6 is 12.2 Å². The molecule has 1 aliphatic heterocycles. The highest BCUT2D eigenvalue weighted by Crippen LogP contribution is 2.16. The van der Waals surface area contributed by atoms with E-state index in [9.17, 15) is 0 Å². The van der Waals surface area contributed by atoms with E-state index in [0.717, 1.165) is 37.6 Å². The Labute approximate surface area is 120 Å². The Morgan fingerprint density at radius 2 is 2.05 bits per heavy atom. The number of pyridine rings is 1. The standard InChI is InChI=1S/C14H22N4S/c1-3-11(2)17-6-8-18(9-7-17)13-5-4-12(10-16-13)14(15)19/h4-5,10-11H,3,6-9H2,1-2H3,(H2,15,19). The monoisotopic (exact) mass is 278 g/mol. The van der Waals surface area contributed by atoms with Gasteiger partial charge >= 0.3 is 0 Å². The Bertz CT molecular complexity index is 424. The smallest absolute Gasteiger partial charge is 0.128 e. The summed E-state index contributed by atoms with van der Waals surface area (Å²) in [5, 5.41) is 0. The predicted octanol–water partition coefficient (Wildman–Crippen LogP) is 1.64. The van der Waals surface area contributed by atoms with Gasteiger partial charge in [0.05, 0.1) is 0 Å². The predicted molar refractivity (Wildman–Crippen MR) is 83.7 cm³/mol. The molecule has 1 aliphatic rings. The normalized spacial score (nSPS) is 18.3. The van der Waals surface area contributed by atoms with Gasteiger partial charge in [-0.2, -0.15) is 0 Å². The summed E-state index contributed by atoms with van der Waals surface area (Å²) in [6.07, 6.45) is 2.97. The van der Waals surface area contributed by atoms with Crippen molar-refractivity contribution in [3.8, 4) is 0 Å². The van der Waals surface area contributed by atoms with Crippen molar-refractivity contribution >= 4 is 23.0 Å². The average Bonchev–Trinajstić information content (AvgIpc) is 2.46. The van der Waals surface area contributed by atoms with Gasteiger partial charge in [-0.3, -0.25) is 4.90 Å². The quantitative estimate of drug-likeness (QED) is 0.848. The minimum Gasteiger partial charge on any atom is -0.389 e. The molecule has 0 bridgehead atoms. The summed E-state index contributed by atoms with van der Waals surface area (Å²) in [7, 11) is 0. The summed E-state index contributed by atoms with van der Waals surface area (Å²) in [6, 6.07) is 4.63. The maximum Gasteiger partial charge on any atom is 0.128 e. The molecule has 2 N–H and O–H groups in total. The van der Waals surface area contributed by atoms with Crippen molar-refractivity contribution in [1.29, 1.82) is 0 Å². The average molecular weight is 278 g/mol. The maximum absolute atomic E-state index is 5.58. The fraction of sp³-hybridized carbons (Fsp3) is 0.571. The Morgan fingerprint density at radius 1 is 1.37 bits per heavy atom. The van der Waals surface area contributed by atoms with Gasteiger partial charge in [0.15, 0.2) is 0 Å². The number of hydrogen-bond donors (Lipinski definition) is 1. The van der Waals surface area contributed by atoms with Crippen LogP contribution in [0.1, 0.15) is 25.8 Å². The van der Waals surface area contributed by atoms with Crippen molar-refractivity contribution < 1.29 is 0 Å². The number of rotatable bonds is 4. The lowest BCUT2D eigenvalue weighted by Crippen LogP contribution is -2.49. The first-order valence-corrected chi connectivity index (χ1v) is 7.27. The molecule has 2 rings (SSSR count). The van der Waals surface area contributed by atoms with E-state index >= 15 is 0 Å². The number of thiocarbonyl (C=S) groups is 1. The minimum atomic E-state index is 0.403. The molecule has 5 heteroatoms. The summed E-state index contributed by atoms with van der Waals surface area (Å²) >= 11 is 4.94. The molecule has 2 heterocycles. The number of piperazine rings is 1. The molecule has 19 heavy (non-hydrogen) atoms. The Balaban J connectivity index is 1.96. The number of nitrogens with zero attached hydrogens (tertiary/aromatic N) is 3. The molecule has 0 aliphatic carbocycles. The second-order valence-corrected chi connectivity index (χ2v) is 5.49. The summed E-state index contributed by atoms with van der Waals surface area (Å²) < 4.78 is 0. The lowest BCUT2D eigenvalue weighted by molar-refractivity contribution is 0.192. The summed E-state index contributed by atoms with van der Waals surface area (Å²) in [4.78, 5) is 9.72. The third-order valence-electron chi connectivity index (χ3n) is 3.88. The Kier molecular flexibility index (Phi) is 4.71. The molecule has 4 nitrogen and oxygen atoms in total. The van der Waals surface area contributed by atoms with Gasteiger partial charge in [-0.05, 0) is 25.5 Å². The molecule has 0 radical (unpaired) electrons. The van der Waals surface area contributed by atoms with Gasteiger partial charge in [0.1, 0.15) is 10.8 Å². The molecule has 1 aromatic rings. The van der Waals surface area contributed by atoms with Crippen molar-refractivity contribution in [2.24, 2.45) is 5.73 Å². The molecule has 104 valence electrons. The van der Waals surface area contributed by atoms with E-state index in [-0.39, 0.29) is 0 Å². The van der Waals surface area contributed by atoms with E-state index in [1.54, 1.807) is 6.20 Å². The van der Waals surface area contributed by atoms with Gasteiger partial charge in [-0.25, -0.2) is 4.98 Å². The van der Waals surface area contributed by atoms with Crippen LogP contribution in [0.25, 0.3) is 0 Å². The van der Waals surface area contributed by atoms with Crippen LogP contribution in [0.15, 0.2) is 18.3 Å². The van der Waals surface area contributed by atoms with Gasteiger partial charge in [0, 0.05) is 44.0 Å². The van der Waals surface area contributed by atoms with E-state index in [4.69, 9.17) is 18.0 Å². The lowest BCUT2D eigenvalue weighted by atomic mass is 10.2. The van der Waals surface area contributed by atoms with E-state index in [0.29, 0.717) is 11.0 Å². The van der Waals surface area contributed by atoms with Gasteiger partial charge in [0.25, 0.3) is 0 Å². The number of hydrogen-bond acceptors (Lipinski definition) is 4. The molecule has 1 fully saturated rings. The summed E-state index contributed by atoms with van der Waals surface area (Å²) in [5.41, 5.74) is 6.41. The number of nitrogens with two attached hydrogens (primary N) is 1. The largest absolute Gasteiger partial charge is 0.389 e. The zero-order valence-electron chi connectivity index (χ0n) is 11.7. The molecule has 1 atom stereocenters. The van der Waals surface area contributed by atoms with Gasteiger partial charge < -0.3 is 10.6 Å². The second-order valence-electron chi connectivity index (χ2n) is 5.05. The Hall–Kier alpha value is -1.20. The van der Waals surface area contributed by atoms with E-state index in [2.05, 4.69) is 28.6 Å². The van der Waals surface area contributed by atoms with Crippen LogP contribution in [0, 0.1) is 0 Å². The molecule has 0 spiro atoms. The topological polar surface area (TPSA) is 45.4 Å². The van der Waals surface area contributed by atoms with Crippen molar-refractivity contribution in [2.45, 2.75) is 26.3 Å². The van der Waals surface area contributed by atoms with Gasteiger partial charge in [0.2, 0.25) is 0 Å². The van der Waals surface area contributed by atoms with Crippen LogP contribution in [0.4, 0.5) is 5.82 Å². The van der Waals surface area contributed by atoms with Crippen LogP contribution in [0.2, 0.25) is 0 Å². The highest BCUT2D eigenvalue weighted by atomic mass is 32.1. The van der Waals surface area contributed by atoms with E-state index in [1.165, 1.54) is 6.42 Å². The van der Waals surface area contributed by atoms with Gasteiger partial charge in [-0.1, -0.05) is 19.1 Å². The zero-order chi connectivity index (χ0) is 13.8. The molecular formula is C14H22N4S. The van der Waals surface area contributed by atoms with Crippen LogP contribution in [0.3, 0.4) is 0 Å². The SMILES string of the molecule is CCC(C)N1CCN(c2ccc(C(N)=S)cn2)CC1. The molecule has 1 unspecified atom stereocenters. The van der Waals surface area contributed by atoms with Gasteiger partial charge in [-0.15, -0.1) is 0 Å². The maximum atomic E-state index is 5.58. The van der Waals surface area contributed by atoms with E-state index in [1.807, 2.05) is 12.1 Å². The first kappa shape index (κ1) is 14.2. The lowest BCUT2D eigenvalue weighted by Gasteiger charge is -2.38. The minimum absolute atomic E-state index is 0.403. The molecule has 1 saturated heterocycles. The van der Waals surface area contributed by atoms with Crippen LogP contribution < -0.4 is 10.6 Å². The highest BCUT2D eigenvalue weighted by Gasteiger charge is 2.20. The zero-order valence-corrected chi connectivity index (χ0v) is 12.5. The Morgan fingerprint density at radius 3 is 2.53 bits per heavy atom. The molecule has 0 saturated carbocycles. The first-order valence-electron chi connectivity index (χ1n) is 6.86. The summed E-state index contributed by atoms with van der Waals surface area (Å²) in [6.45, 7) is 8.81. The fourth-order valence-corrected chi connectivity index (χ4v) is 2.49. The third-order valence-corrected chi connectivity index (χ3v) is 4.12. The first-order chi connectivity index (χ1) is 9.11. The number of anilines is 1. The van der Waals surface area contributed by atoms with Crippen LogP contribution in [-0.4, -0.2) is 47.1 Å². The van der Waals surface area contributed by atoms with Crippen LogP contribution in [0.5, 0.6) is 0 Å². The highest BCUT2D eigenvalue weighted by molar-refractivity contribution is 7.80.